The van der Waals surface area contributed by atoms with Crippen molar-refractivity contribution in [3.8, 4) is 0 Å². The van der Waals surface area contributed by atoms with Crippen LogP contribution >= 0.6 is 7.82 Å². The zero-order chi connectivity index (χ0) is 13.9. The Morgan fingerprint density at radius 1 is 1.39 bits per heavy atom. The summed E-state index contributed by atoms with van der Waals surface area (Å²) in [5.74, 6) is -2.97. The topological polar surface area (TPSA) is 132 Å². The number of aliphatic hydroxyl groups excluding tert-OH is 3. The maximum atomic E-state index is 11.5. The van der Waals surface area contributed by atoms with Gasteiger partial charge in [-0.2, -0.15) is 0 Å². The average Bonchev–Trinajstić information content (AvgIpc) is 2.63. The molecule has 0 aromatic carbocycles. The van der Waals surface area contributed by atoms with Gasteiger partial charge in [-0.1, -0.05) is 0 Å². The van der Waals surface area contributed by atoms with Crippen molar-refractivity contribution in [2.24, 2.45) is 0 Å². The Kier molecular flexibility index (Phi) is 4.71. The highest BCUT2D eigenvalue weighted by molar-refractivity contribution is 7.48. The standard InChI is InChI=1S/C8H13O9P/c1-14-18(13,15-2)16-3-4(9)7-5(10)6(11)8(12)17-7/h4,7,9-11H,3H2,1-2H3/t4-,7+/m0/s1. The maximum absolute atomic E-state index is 11.5. The summed E-state index contributed by atoms with van der Waals surface area (Å²) in [5, 5.41) is 27.9. The predicted octanol–water partition coefficient (Wildman–Crippen LogP) is 0.0178. The van der Waals surface area contributed by atoms with Crippen LogP contribution in [0.25, 0.3) is 0 Å². The van der Waals surface area contributed by atoms with Crippen LogP contribution in [0.1, 0.15) is 0 Å². The van der Waals surface area contributed by atoms with E-state index in [9.17, 15) is 19.6 Å². The molecule has 1 aliphatic rings. The molecular weight excluding hydrogens is 271 g/mol. The lowest BCUT2D eigenvalue weighted by Gasteiger charge is -2.19. The van der Waals surface area contributed by atoms with Gasteiger partial charge in [-0.25, -0.2) is 9.36 Å². The van der Waals surface area contributed by atoms with E-state index in [1.165, 1.54) is 0 Å². The van der Waals surface area contributed by atoms with Gasteiger partial charge in [0.2, 0.25) is 5.76 Å². The third-order valence-corrected chi connectivity index (χ3v) is 3.50. The molecule has 0 aromatic heterocycles. The fraction of sp³-hybridized carbons (Fsp3) is 0.625. The molecule has 0 bridgehead atoms. The Hall–Kier alpha value is -1.12. The van der Waals surface area contributed by atoms with Gasteiger partial charge in [0.25, 0.3) is 0 Å². The molecule has 0 spiro atoms. The van der Waals surface area contributed by atoms with Crippen molar-refractivity contribution in [1.82, 2.24) is 0 Å². The molecule has 0 fully saturated rings. The fourth-order valence-corrected chi connectivity index (χ4v) is 1.86. The maximum Gasteiger partial charge on any atom is 0.474 e. The average molecular weight is 284 g/mol. The lowest BCUT2D eigenvalue weighted by Crippen LogP contribution is -2.32. The van der Waals surface area contributed by atoms with Crippen LogP contribution < -0.4 is 0 Å². The molecule has 0 aromatic rings. The smallest absolute Gasteiger partial charge is 0.474 e. The second-order valence-electron chi connectivity index (χ2n) is 3.24. The highest BCUT2D eigenvalue weighted by atomic mass is 31.2. The van der Waals surface area contributed by atoms with E-state index in [4.69, 9.17) is 5.11 Å². The first-order valence-electron chi connectivity index (χ1n) is 4.72. The van der Waals surface area contributed by atoms with E-state index in [2.05, 4.69) is 18.3 Å². The number of hydrogen-bond acceptors (Lipinski definition) is 9. The van der Waals surface area contributed by atoms with Crippen molar-refractivity contribution in [3.05, 3.63) is 11.5 Å². The Morgan fingerprint density at radius 3 is 2.33 bits per heavy atom. The molecule has 0 unspecified atom stereocenters. The van der Waals surface area contributed by atoms with E-state index in [0.717, 1.165) is 14.2 Å². The summed E-state index contributed by atoms with van der Waals surface area (Å²) >= 11 is 0. The van der Waals surface area contributed by atoms with E-state index in [-0.39, 0.29) is 0 Å². The zero-order valence-corrected chi connectivity index (χ0v) is 10.5. The number of phosphoric acid groups is 1. The molecule has 3 N–H and O–H groups in total. The lowest BCUT2D eigenvalue weighted by atomic mass is 10.2. The summed E-state index contributed by atoms with van der Waals surface area (Å²) in [6.45, 7) is -0.603. The van der Waals surface area contributed by atoms with E-state index in [1.807, 2.05) is 0 Å². The second kappa shape index (κ2) is 5.68. The van der Waals surface area contributed by atoms with E-state index in [1.54, 1.807) is 0 Å². The van der Waals surface area contributed by atoms with Gasteiger partial charge < -0.3 is 20.1 Å². The highest BCUT2D eigenvalue weighted by Crippen LogP contribution is 2.47. The number of carbonyl (C=O) groups excluding carboxylic acids is 1. The van der Waals surface area contributed by atoms with Gasteiger partial charge in [0, 0.05) is 14.2 Å². The van der Waals surface area contributed by atoms with Crippen molar-refractivity contribution in [2.45, 2.75) is 12.2 Å². The number of phosphoric ester groups is 1. The number of aliphatic hydroxyl groups is 3. The molecule has 0 amide bonds. The highest BCUT2D eigenvalue weighted by Gasteiger charge is 2.40. The minimum atomic E-state index is -3.79. The molecule has 1 heterocycles. The molecule has 0 radical (unpaired) electrons. The molecule has 1 rings (SSSR count). The van der Waals surface area contributed by atoms with Crippen LogP contribution in [0.2, 0.25) is 0 Å². The van der Waals surface area contributed by atoms with Crippen molar-refractivity contribution in [1.29, 1.82) is 0 Å². The molecule has 9 nitrogen and oxygen atoms in total. The molecule has 2 atom stereocenters. The molecule has 104 valence electrons. The largest absolute Gasteiger partial charge is 0.505 e. The first kappa shape index (κ1) is 14.9. The normalized spacial score (nSPS) is 22.2. The van der Waals surface area contributed by atoms with Crippen molar-refractivity contribution in [3.63, 3.8) is 0 Å². The lowest BCUT2D eigenvalue weighted by molar-refractivity contribution is -0.147. The summed E-state index contributed by atoms with van der Waals surface area (Å²) in [5.41, 5.74) is 0. The Bertz CT molecular complexity index is 395. The van der Waals surface area contributed by atoms with Crippen LogP contribution in [0.5, 0.6) is 0 Å². The van der Waals surface area contributed by atoms with Gasteiger partial charge in [-0.3, -0.25) is 13.6 Å². The first-order valence-corrected chi connectivity index (χ1v) is 6.18. The summed E-state index contributed by atoms with van der Waals surface area (Å²) < 4.78 is 29.5. The van der Waals surface area contributed by atoms with Gasteiger partial charge in [-0.05, 0) is 0 Å². The summed E-state index contributed by atoms with van der Waals surface area (Å²) in [6.07, 6.45) is -3.03. The van der Waals surface area contributed by atoms with Crippen molar-refractivity contribution < 1.29 is 43.0 Å². The molecular formula is C8H13O9P. The number of rotatable bonds is 6. The van der Waals surface area contributed by atoms with Crippen LogP contribution in [0, 0.1) is 0 Å². The minimum Gasteiger partial charge on any atom is -0.505 e. The van der Waals surface area contributed by atoms with Crippen LogP contribution in [0.15, 0.2) is 11.5 Å². The minimum absolute atomic E-state index is 0.603. The number of hydrogen-bond donors (Lipinski definition) is 3. The molecule has 0 saturated carbocycles. The third kappa shape index (κ3) is 3.01. The first-order chi connectivity index (χ1) is 8.34. The van der Waals surface area contributed by atoms with Gasteiger partial charge in [-0.15, -0.1) is 0 Å². The number of cyclic esters (lactones) is 1. The van der Waals surface area contributed by atoms with E-state index in [0.29, 0.717) is 0 Å². The number of esters is 1. The number of carbonyl (C=O) groups is 1. The van der Waals surface area contributed by atoms with Gasteiger partial charge in [0.1, 0.15) is 6.10 Å². The molecule has 0 saturated heterocycles. The Labute approximate surface area is 102 Å². The summed E-state index contributed by atoms with van der Waals surface area (Å²) in [4.78, 5) is 10.9. The molecule has 0 aliphatic carbocycles. The molecule has 1 aliphatic heterocycles. The van der Waals surface area contributed by atoms with Crippen LogP contribution in [-0.2, 0) is 27.7 Å². The fourth-order valence-electron chi connectivity index (χ4n) is 1.16. The number of ether oxygens (including phenoxy) is 1. The van der Waals surface area contributed by atoms with Gasteiger partial charge in [0.05, 0.1) is 6.61 Å². The van der Waals surface area contributed by atoms with Gasteiger partial charge in [0.15, 0.2) is 11.9 Å². The van der Waals surface area contributed by atoms with Crippen LogP contribution in [-0.4, -0.2) is 54.3 Å². The van der Waals surface area contributed by atoms with Crippen LogP contribution in [0.3, 0.4) is 0 Å². The van der Waals surface area contributed by atoms with Crippen LogP contribution in [0.4, 0.5) is 0 Å². The quantitative estimate of drug-likeness (QED) is 0.456. The van der Waals surface area contributed by atoms with E-state index >= 15 is 0 Å². The van der Waals surface area contributed by atoms with Crippen molar-refractivity contribution in [2.75, 3.05) is 20.8 Å². The molecule has 18 heavy (non-hydrogen) atoms. The second-order valence-corrected chi connectivity index (χ2v) is 5.12. The Morgan fingerprint density at radius 2 is 1.94 bits per heavy atom. The Balaban J connectivity index is 2.61. The summed E-state index contributed by atoms with van der Waals surface area (Å²) in [7, 11) is -1.63. The predicted molar refractivity (Wildman–Crippen MR) is 55.7 cm³/mol. The summed E-state index contributed by atoms with van der Waals surface area (Å²) in [6, 6.07) is 0. The van der Waals surface area contributed by atoms with Gasteiger partial charge >= 0.3 is 13.8 Å². The van der Waals surface area contributed by atoms with Crippen molar-refractivity contribution >= 4 is 13.8 Å². The third-order valence-electron chi connectivity index (χ3n) is 2.14. The monoisotopic (exact) mass is 284 g/mol. The SMILES string of the molecule is COP(=O)(OC)OC[C@H](O)[C@H]1OC(=O)C(O)=C1O. The zero-order valence-electron chi connectivity index (χ0n) is 9.60. The van der Waals surface area contributed by atoms with E-state index < -0.39 is 44.1 Å². The molecule has 10 heteroatoms.